The molecule has 4 nitrogen and oxygen atoms in total. The van der Waals surface area contributed by atoms with Crippen LogP contribution in [0.25, 0.3) is 64.9 Å². The molecule has 0 bridgehead atoms. The standard InChI is InChI=1S/C32H20N4S/c1-2-8-21(9-3-1)32-34-20-31(37-32)36-28-13-7-5-11-24(28)26-18-29-25(19-30(26)36)23-10-4-6-12-27(23)35(29)22-14-16-33-17-15-22/h1-20H. The number of pyridine rings is 1. The van der Waals surface area contributed by atoms with Crippen molar-refractivity contribution in [1.82, 2.24) is 19.1 Å². The number of hydrogen-bond acceptors (Lipinski definition) is 3. The first kappa shape index (κ1) is 20.5. The van der Waals surface area contributed by atoms with Crippen molar-refractivity contribution in [3.05, 3.63) is 122 Å². The van der Waals surface area contributed by atoms with E-state index in [1.807, 2.05) is 24.7 Å². The third kappa shape index (κ3) is 3.01. The number of para-hydroxylation sites is 2. The average Bonchev–Trinajstić information content (AvgIpc) is 3.65. The SMILES string of the molecule is c1ccc(-c2ncc(-n3c4ccccc4c4cc5c(cc43)c3ccccc3n5-c3ccncc3)s2)cc1. The van der Waals surface area contributed by atoms with E-state index in [-0.39, 0.29) is 0 Å². The first-order valence-electron chi connectivity index (χ1n) is 12.3. The Morgan fingerprint density at radius 3 is 1.84 bits per heavy atom. The van der Waals surface area contributed by atoms with E-state index in [1.54, 1.807) is 11.3 Å². The van der Waals surface area contributed by atoms with Crippen molar-refractivity contribution in [2.75, 3.05) is 0 Å². The lowest BCUT2D eigenvalue weighted by Gasteiger charge is -2.07. The first-order valence-corrected chi connectivity index (χ1v) is 13.1. The van der Waals surface area contributed by atoms with Gasteiger partial charge in [0.2, 0.25) is 0 Å². The van der Waals surface area contributed by atoms with E-state index in [2.05, 4.69) is 111 Å². The van der Waals surface area contributed by atoms with Crippen molar-refractivity contribution >= 4 is 54.9 Å². The zero-order valence-electron chi connectivity index (χ0n) is 19.7. The second-order valence-electron chi connectivity index (χ2n) is 9.17. The van der Waals surface area contributed by atoms with Crippen molar-refractivity contribution in [3.63, 3.8) is 0 Å². The Morgan fingerprint density at radius 2 is 1.14 bits per heavy atom. The predicted octanol–water partition coefficient (Wildman–Crippen LogP) is 8.40. The van der Waals surface area contributed by atoms with Gasteiger partial charge in [0.25, 0.3) is 0 Å². The van der Waals surface area contributed by atoms with Crippen LogP contribution in [0.4, 0.5) is 0 Å². The molecule has 0 fully saturated rings. The lowest BCUT2D eigenvalue weighted by molar-refractivity contribution is 1.16. The monoisotopic (exact) mass is 492 g/mol. The van der Waals surface area contributed by atoms with Crippen molar-refractivity contribution < 1.29 is 0 Å². The second-order valence-corrected chi connectivity index (χ2v) is 10.2. The molecule has 0 amide bonds. The minimum absolute atomic E-state index is 1.02. The Kier molecular flexibility index (Phi) is 4.36. The van der Waals surface area contributed by atoms with Gasteiger partial charge in [0.1, 0.15) is 10.0 Å². The third-order valence-corrected chi connectivity index (χ3v) is 8.15. The maximum absolute atomic E-state index is 4.80. The maximum Gasteiger partial charge on any atom is 0.125 e. The normalized spacial score (nSPS) is 11.8. The van der Waals surface area contributed by atoms with Crippen LogP contribution in [0.5, 0.6) is 0 Å². The highest BCUT2D eigenvalue weighted by Gasteiger charge is 2.19. The van der Waals surface area contributed by atoms with Crippen LogP contribution >= 0.6 is 11.3 Å². The fourth-order valence-corrected chi connectivity index (χ4v) is 6.47. The maximum atomic E-state index is 4.80. The van der Waals surface area contributed by atoms with Crippen LogP contribution < -0.4 is 0 Å². The largest absolute Gasteiger partial charge is 0.309 e. The van der Waals surface area contributed by atoms with E-state index in [9.17, 15) is 0 Å². The number of thiazole rings is 1. The van der Waals surface area contributed by atoms with Gasteiger partial charge in [-0.2, -0.15) is 0 Å². The minimum atomic E-state index is 1.02. The summed E-state index contributed by atoms with van der Waals surface area (Å²) in [5.41, 5.74) is 7.01. The Labute approximate surface area is 216 Å². The summed E-state index contributed by atoms with van der Waals surface area (Å²) in [6.45, 7) is 0. The molecule has 0 spiro atoms. The summed E-state index contributed by atoms with van der Waals surface area (Å²) < 4.78 is 4.71. The van der Waals surface area contributed by atoms with Crippen molar-refractivity contribution in [1.29, 1.82) is 0 Å². The van der Waals surface area contributed by atoms with Crippen LogP contribution in [-0.2, 0) is 0 Å². The lowest BCUT2D eigenvalue weighted by Crippen LogP contribution is -1.94. The quantitative estimate of drug-likeness (QED) is 0.248. The minimum Gasteiger partial charge on any atom is -0.309 e. The predicted molar refractivity (Wildman–Crippen MR) is 154 cm³/mol. The fraction of sp³-hybridized carbons (Fsp3) is 0. The molecule has 0 atom stereocenters. The van der Waals surface area contributed by atoms with E-state index in [1.165, 1.54) is 43.6 Å². The van der Waals surface area contributed by atoms with Gasteiger partial charge in [-0.3, -0.25) is 9.55 Å². The molecular formula is C32H20N4S. The molecule has 0 aliphatic rings. The van der Waals surface area contributed by atoms with Crippen molar-refractivity contribution in [2.24, 2.45) is 0 Å². The third-order valence-electron chi connectivity index (χ3n) is 7.12. The van der Waals surface area contributed by atoms with E-state index >= 15 is 0 Å². The van der Waals surface area contributed by atoms with Crippen LogP contribution in [0, 0.1) is 0 Å². The molecule has 0 saturated carbocycles. The number of nitrogens with zero attached hydrogens (tertiary/aromatic N) is 4. The Hall–Kier alpha value is -4.74. The van der Waals surface area contributed by atoms with Crippen LogP contribution in [0.3, 0.4) is 0 Å². The molecule has 0 unspecified atom stereocenters. The van der Waals surface area contributed by atoms with Gasteiger partial charge in [-0.25, -0.2) is 4.98 Å². The number of aromatic nitrogens is 4. The van der Waals surface area contributed by atoms with Crippen molar-refractivity contribution in [2.45, 2.75) is 0 Å². The van der Waals surface area contributed by atoms with Crippen LogP contribution in [-0.4, -0.2) is 19.1 Å². The highest BCUT2D eigenvalue weighted by Crippen LogP contribution is 2.40. The summed E-state index contributed by atoms with van der Waals surface area (Å²) in [4.78, 5) is 9.05. The molecule has 174 valence electrons. The van der Waals surface area contributed by atoms with Gasteiger partial charge in [-0.1, -0.05) is 78.1 Å². The van der Waals surface area contributed by atoms with E-state index in [4.69, 9.17) is 4.98 Å². The topological polar surface area (TPSA) is 35.6 Å². The summed E-state index contributed by atoms with van der Waals surface area (Å²) in [5, 5.41) is 7.08. The van der Waals surface area contributed by atoms with Crippen LogP contribution in [0.15, 0.2) is 122 Å². The molecule has 5 heteroatoms. The summed E-state index contributed by atoms with van der Waals surface area (Å²) in [6.07, 6.45) is 5.71. The van der Waals surface area contributed by atoms with E-state index in [0.717, 1.165) is 21.3 Å². The molecule has 0 saturated heterocycles. The molecule has 4 aromatic carbocycles. The van der Waals surface area contributed by atoms with Crippen molar-refractivity contribution in [3.8, 4) is 21.3 Å². The number of hydrogen-bond donors (Lipinski definition) is 0. The van der Waals surface area contributed by atoms with E-state index < -0.39 is 0 Å². The molecule has 0 aliphatic heterocycles. The lowest BCUT2D eigenvalue weighted by atomic mass is 10.1. The first-order chi connectivity index (χ1) is 18.4. The molecular weight excluding hydrogens is 472 g/mol. The van der Waals surface area contributed by atoms with Gasteiger partial charge in [-0.05, 0) is 36.4 Å². The number of fused-ring (bicyclic) bond motifs is 6. The Morgan fingerprint density at radius 1 is 0.541 bits per heavy atom. The zero-order valence-corrected chi connectivity index (χ0v) is 20.6. The highest BCUT2D eigenvalue weighted by atomic mass is 32.1. The van der Waals surface area contributed by atoms with Gasteiger partial charge >= 0.3 is 0 Å². The second kappa shape index (κ2) is 7.88. The number of rotatable bonds is 3. The smallest absolute Gasteiger partial charge is 0.125 e. The summed E-state index contributed by atoms with van der Waals surface area (Å²) in [6, 6.07) is 36.5. The highest BCUT2D eigenvalue weighted by molar-refractivity contribution is 7.17. The van der Waals surface area contributed by atoms with Gasteiger partial charge in [0.15, 0.2) is 0 Å². The van der Waals surface area contributed by atoms with E-state index in [0.29, 0.717) is 0 Å². The van der Waals surface area contributed by atoms with Gasteiger partial charge < -0.3 is 4.57 Å². The van der Waals surface area contributed by atoms with Gasteiger partial charge in [0.05, 0.1) is 28.3 Å². The van der Waals surface area contributed by atoms with Gasteiger partial charge in [-0.15, -0.1) is 0 Å². The fourth-order valence-electron chi connectivity index (χ4n) is 5.52. The molecule has 4 aromatic heterocycles. The summed E-state index contributed by atoms with van der Waals surface area (Å²) in [7, 11) is 0. The summed E-state index contributed by atoms with van der Waals surface area (Å²) in [5.74, 6) is 0. The molecule has 8 aromatic rings. The van der Waals surface area contributed by atoms with Crippen LogP contribution in [0.1, 0.15) is 0 Å². The molecule has 4 heterocycles. The Bertz CT molecular complexity index is 2080. The molecule has 0 aliphatic carbocycles. The summed E-state index contributed by atoms with van der Waals surface area (Å²) >= 11 is 1.72. The van der Waals surface area contributed by atoms with Crippen LogP contribution in [0.2, 0.25) is 0 Å². The van der Waals surface area contributed by atoms with Gasteiger partial charge in [0, 0.05) is 45.2 Å². The zero-order chi connectivity index (χ0) is 24.3. The molecule has 0 radical (unpaired) electrons. The average molecular weight is 493 g/mol. The molecule has 37 heavy (non-hydrogen) atoms. The molecule has 0 N–H and O–H groups in total. The number of benzene rings is 4. The Balaban J connectivity index is 1.48. The molecule has 8 rings (SSSR count).